The van der Waals surface area contributed by atoms with Gasteiger partial charge in [0.2, 0.25) is 0 Å². The van der Waals surface area contributed by atoms with Crippen LogP contribution in [0.25, 0.3) is 0 Å². The number of rotatable bonds is 3. The Morgan fingerprint density at radius 3 is 2.62 bits per heavy atom. The number of nitrogen functional groups attached to an aromatic ring is 1. The third-order valence-electron chi connectivity index (χ3n) is 1.67. The zero-order chi connectivity index (χ0) is 11.4. The number of amidine groups is 1. The van der Waals surface area contributed by atoms with Crippen LogP contribution in [0.3, 0.4) is 0 Å². The Kier molecular flexibility index (Phi) is 3.06. The van der Waals surface area contributed by atoms with Gasteiger partial charge in [-0.3, -0.25) is 5.41 Å². The first-order valence-electron chi connectivity index (χ1n) is 4.36. The topological polar surface area (TPSA) is 101 Å². The molecule has 0 saturated carbocycles. The van der Waals surface area contributed by atoms with Crippen molar-refractivity contribution < 1.29 is 0 Å². The van der Waals surface area contributed by atoms with Crippen LogP contribution in [0.4, 0.5) is 0 Å². The fourth-order valence-electron chi connectivity index (χ4n) is 0.954. The van der Waals surface area contributed by atoms with E-state index in [9.17, 15) is 0 Å². The monoisotopic (exact) mass is 232 g/mol. The molecule has 6 nitrogen and oxygen atoms in total. The van der Waals surface area contributed by atoms with Crippen LogP contribution in [-0.2, 0) is 0 Å². The van der Waals surface area contributed by atoms with Crippen molar-refractivity contribution in [3.05, 3.63) is 36.7 Å². The van der Waals surface area contributed by atoms with Gasteiger partial charge in [-0.2, -0.15) is 0 Å². The van der Waals surface area contributed by atoms with E-state index in [1.165, 1.54) is 24.3 Å². The van der Waals surface area contributed by atoms with Gasteiger partial charge in [0.25, 0.3) is 0 Å². The van der Waals surface area contributed by atoms with Crippen molar-refractivity contribution >= 4 is 17.6 Å². The SMILES string of the molecule is N=C(N)c1cnc(Sc2ccncn2)cn1. The molecule has 0 bridgehead atoms. The highest BCUT2D eigenvalue weighted by Crippen LogP contribution is 2.21. The molecule has 0 aliphatic rings. The standard InChI is InChI=1S/C9H8N6S/c10-9(11)6-3-14-8(4-13-6)16-7-1-2-12-5-15-7/h1-5H,(H3,10,11). The van der Waals surface area contributed by atoms with E-state index in [4.69, 9.17) is 11.1 Å². The highest BCUT2D eigenvalue weighted by atomic mass is 32.2. The largest absolute Gasteiger partial charge is 0.382 e. The number of hydrogen-bond acceptors (Lipinski definition) is 6. The normalized spacial score (nSPS) is 10.0. The Bertz CT molecular complexity index is 483. The van der Waals surface area contributed by atoms with E-state index in [1.54, 1.807) is 18.5 Å². The maximum atomic E-state index is 7.17. The molecule has 0 aliphatic carbocycles. The first-order valence-corrected chi connectivity index (χ1v) is 5.17. The van der Waals surface area contributed by atoms with Gasteiger partial charge >= 0.3 is 0 Å². The van der Waals surface area contributed by atoms with Gasteiger partial charge in [-0.05, 0) is 17.8 Å². The van der Waals surface area contributed by atoms with E-state index in [-0.39, 0.29) is 5.84 Å². The van der Waals surface area contributed by atoms with E-state index in [0.29, 0.717) is 10.7 Å². The summed E-state index contributed by atoms with van der Waals surface area (Å²) < 4.78 is 0. The summed E-state index contributed by atoms with van der Waals surface area (Å²) in [7, 11) is 0. The van der Waals surface area contributed by atoms with E-state index in [1.807, 2.05) is 0 Å². The van der Waals surface area contributed by atoms with Gasteiger partial charge in [-0.25, -0.2) is 19.9 Å². The Labute approximate surface area is 95.9 Å². The predicted molar refractivity (Wildman–Crippen MR) is 59.2 cm³/mol. The van der Waals surface area contributed by atoms with Gasteiger partial charge in [0.1, 0.15) is 27.9 Å². The summed E-state index contributed by atoms with van der Waals surface area (Å²) in [5.74, 6) is -0.0916. The molecule has 3 N–H and O–H groups in total. The fraction of sp³-hybridized carbons (Fsp3) is 0. The second kappa shape index (κ2) is 4.67. The third kappa shape index (κ3) is 2.51. The zero-order valence-electron chi connectivity index (χ0n) is 8.16. The van der Waals surface area contributed by atoms with Crippen molar-refractivity contribution in [2.45, 2.75) is 10.1 Å². The second-order valence-electron chi connectivity index (χ2n) is 2.80. The Morgan fingerprint density at radius 1 is 1.19 bits per heavy atom. The van der Waals surface area contributed by atoms with Crippen LogP contribution < -0.4 is 5.73 Å². The average molecular weight is 232 g/mol. The van der Waals surface area contributed by atoms with Crippen LogP contribution in [0, 0.1) is 5.41 Å². The molecule has 7 heteroatoms. The summed E-state index contributed by atoms with van der Waals surface area (Å²) in [4.78, 5) is 16.0. The number of hydrogen-bond donors (Lipinski definition) is 2. The van der Waals surface area contributed by atoms with Crippen LogP contribution in [0.5, 0.6) is 0 Å². The summed E-state index contributed by atoms with van der Waals surface area (Å²) in [5, 5.41) is 8.66. The maximum absolute atomic E-state index is 7.17. The first kappa shape index (κ1) is 10.5. The van der Waals surface area contributed by atoms with Crippen molar-refractivity contribution in [2.75, 3.05) is 0 Å². The van der Waals surface area contributed by atoms with Gasteiger partial charge in [0.05, 0.1) is 12.4 Å². The summed E-state index contributed by atoms with van der Waals surface area (Å²) in [6.07, 6.45) is 6.15. The molecule has 0 unspecified atom stereocenters. The van der Waals surface area contributed by atoms with Gasteiger partial charge in [-0.1, -0.05) is 0 Å². The summed E-state index contributed by atoms with van der Waals surface area (Å²) in [6, 6.07) is 1.78. The van der Waals surface area contributed by atoms with Crippen LogP contribution >= 0.6 is 11.8 Å². The number of nitrogens with zero attached hydrogens (tertiary/aromatic N) is 4. The highest BCUT2D eigenvalue weighted by Gasteiger charge is 2.02. The van der Waals surface area contributed by atoms with Gasteiger partial charge in [-0.15, -0.1) is 0 Å². The first-order chi connectivity index (χ1) is 7.75. The lowest BCUT2D eigenvalue weighted by Crippen LogP contribution is -2.13. The van der Waals surface area contributed by atoms with E-state index in [2.05, 4.69) is 19.9 Å². The van der Waals surface area contributed by atoms with E-state index in [0.717, 1.165) is 5.03 Å². The third-order valence-corrected chi connectivity index (χ3v) is 2.54. The lowest BCUT2D eigenvalue weighted by Gasteiger charge is -2.00. The van der Waals surface area contributed by atoms with Gasteiger partial charge < -0.3 is 5.73 Å². The molecule has 0 aromatic carbocycles. The van der Waals surface area contributed by atoms with E-state index < -0.39 is 0 Å². The van der Waals surface area contributed by atoms with Crippen LogP contribution in [-0.4, -0.2) is 25.8 Å². The molecule has 0 atom stereocenters. The molecular weight excluding hydrogens is 224 g/mol. The molecule has 0 fully saturated rings. The molecule has 80 valence electrons. The molecule has 2 heterocycles. The van der Waals surface area contributed by atoms with Crippen LogP contribution in [0.1, 0.15) is 5.69 Å². The summed E-state index contributed by atoms with van der Waals surface area (Å²) >= 11 is 1.37. The Balaban J connectivity index is 2.14. The number of aromatic nitrogens is 4. The molecule has 0 amide bonds. The quantitative estimate of drug-likeness (QED) is 0.459. The molecule has 2 aromatic heterocycles. The van der Waals surface area contributed by atoms with Crippen LogP contribution in [0.2, 0.25) is 0 Å². The Hall–Kier alpha value is -2.02. The minimum Gasteiger partial charge on any atom is -0.382 e. The molecule has 2 rings (SSSR count). The van der Waals surface area contributed by atoms with Gasteiger partial charge in [0, 0.05) is 6.20 Å². The van der Waals surface area contributed by atoms with Crippen molar-refractivity contribution in [3.8, 4) is 0 Å². The lowest BCUT2D eigenvalue weighted by atomic mass is 10.4. The smallest absolute Gasteiger partial charge is 0.143 e. The number of nitrogens with one attached hydrogen (secondary N) is 1. The number of nitrogens with two attached hydrogens (primary N) is 1. The fourth-order valence-corrected chi connectivity index (χ4v) is 1.61. The highest BCUT2D eigenvalue weighted by molar-refractivity contribution is 7.99. The lowest BCUT2D eigenvalue weighted by molar-refractivity contribution is 1.01. The molecule has 16 heavy (non-hydrogen) atoms. The maximum Gasteiger partial charge on any atom is 0.143 e. The van der Waals surface area contributed by atoms with Crippen molar-refractivity contribution in [3.63, 3.8) is 0 Å². The average Bonchev–Trinajstić information content (AvgIpc) is 2.31. The minimum atomic E-state index is -0.0916. The predicted octanol–water partition coefficient (Wildman–Crippen LogP) is 0.702. The molecule has 2 aromatic rings. The molecule has 0 saturated heterocycles. The minimum absolute atomic E-state index is 0.0916. The molecule has 0 radical (unpaired) electrons. The van der Waals surface area contributed by atoms with Gasteiger partial charge in [0.15, 0.2) is 0 Å². The van der Waals surface area contributed by atoms with Crippen LogP contribution in [0.15, 0.2) is 41.0 Å². The molecule has 0 aliphatic heterocycles. The van der Waals surface area contributed by atoms with Crippen molar-refractivity contribution in [2.24, 2.45) is 5.73 Å². The summed E-state index contributed by atoms with van der Waals surface area (Å²) in [6.45, 7) is 0. The zero-order valence-corrected chi connectivity index (χ0v) is 8.98. The molecule has 0 spiro atoms. The molecular formula is C9H8N6S. The van der Waals surface area contributed by atoms with Crippen molar-refractivity contribution in [1.29, 1.82) is 5.41 Å². The van der Waals surface area contributed by atoms with E-state index >= 15 is 0 Å². The second-order valence-corrected chi connectivity index (χ2v) is 3.84. The van der Waals surface area contributed by atoms with Crippen molar-refractivity contribution in [1.82, 2.24) is 19.9 Å². The Morgan fingerprint density at radius 2 is 2.06 bits per heavy atom. The summed E-state index contributed by atoms with van der Waals surface area (Å²) in [5.41, 5.74) is 5.64.